The van der Waals surface area contributed by atoms with Gasteiger partial charge >= 0.3 is 0 Å². The lowest BCUT2D eigenvalue weighted by Crippen LogP contribution is -2.15. The van der Waals surface area contributed by atoms with Crippen LogP contribution in [0, 0.1) is 11.6 Å². The number of aromatic amines is 2. The number of hydrogen-bond donors (Lipinski definition) is 4. The van der Waals surface area contributed by atoms with Gasteiger partial charge in [0.2, 0.25) is 0 Å². The Morgan fingerprint density at radius 2 is 1.98 bits per heavy atom. The zero-order valence-electron chi connectivity index (χ0n) is 22.6. The fraction of sp³-hybridized carbons (Fsp3) is 0.200. The number of nitrogens with zero attached hydrogens (tertiary/aromatic N) is 4. The Bertz CT molecular complexity index is 1760. The van der Waals surface area contributed by atoms with Gasteiger partial charge in [0.1, 0.15) is 17.2 Å². The third kappa shape index (κ3) is 5.18. The highest BCUT2D eigenvalue weighted by Crippen LogP contribution is 2.34. The molecule has 8 nitrogen and oxygen atoms in total. The molecule has 0 spiro atoms. The molecule has 204 valence electrons. The SMILES string of the molecule is C=C/C(=C\C(=C/C)c1ncc2[nH]nc(-c3nc4c(-c5cc(F)cc(CNC)c5)cncc4[nH]3)c2c1F)CNCC. The van der Waals surface area contributed by atoms with Crippen molar-refractivity contribution < 1.29 is 8.78 Å². The number of H-pyrrole nitrogens is 2. The zero-order chi connectivity index (χ0) is 28.2. The number of allylic oxidation sites excluding steroid dienone is 3. The number of likely N-dealkylation sites (N-methyl/N-ethyl adjacent to an activating group) is 1. The maximum atomic E-state index is 16.1. The van der Waals surface area contributed by atoms with Crippen LogP contribution in [-0.4, -0.2) is 50.3 Å². The van der Waals surface area contributed by atoms with Crippen molar-refractivity contribution in [1.29, 1.82) is 0 Å². The van der Waals surface area contributed by atoms with Crippen molar-refractivity contribution in [3.8, 4) is 22.6 Å². The molecule has 0 saturated carbocycles. The smallest absolute Gasteiger partial charge is 0.161 e. The minimum atomic E-state index is -0.516. The second-order valence-electron chi connectivity index (χ2n) is 9.28. The number of pyridine rings is 2. The van der Waals surface area contributed by atoms with Gasteiger partial charge in [-0.3, -0.25) is 15.1 Å². The van der Waals surface area contributed by atoms with Crippen LogP contribution in [0.5, 0.6) is 0 Å². The van der Waals surface area contributed by atoms with E-state index in [0.717, 1.165) is 17.7 Å². The first-order valence-corrected chi connectivity index (χ1v) is 13.0. The van der Waals surface area contributed by atoms with Crippen LogP contribution in [0.3, 0.4) is 0 Å². The molecule has 0 fully saturated rings. The second kappa shape index (κ2) is 11.7. The third-order valence-corrected chi connectivity index (χ3v) is 6.58. The molecule has 40 heavy (non-hydrogen) atoms. The molecule has 4 heterocycles. The molecule has 10 heteroatoms. The van der Waals surface area contributed by atoms with E-state index in [1.54, 1.807) is 31.7 Å². The Labute approximate surface area is 230 Å². The number of benzene rings is 1. The molecule has 0 bridgehead atoms. The molecule has 0 atom stereocenters. The number of hydrogen-bond acceptors (Lipinski definition) is 6. The Hall–Kier alpha value is -4.54. The summed E-state index contributed by atoms with van der Waals surface area (Å²) in [6.07, 6.45) is 10.3. The van der Waals surface area contributed by atoms with E-state index < -0.39 is 5.82 Å². The van der Waals surface area contributed by atoms with Gasteiger partial charge in [-0.15, -0.1) is 0 Å². The van der Waals surface area contributed by atoms with Crippen LogP contribution in [0.4, 0.5) is 8.78 Å². The molecular formula is C30H30F2N8. The molecular weight excluding hydrogens is 510 g/mol. The van der Waals surface area contributed by atoms with Crippen molar-refractivity contribution in [2.24, 2.45) is 0 Å². The largest absolute Gasteiger partial charge is 0.335 e. The summed E-state index contributed by atoms with van der Waals surface area (Å²) >= 11 is 0. The molecule has 0 aliphatic heterocycles. The van der Waals surface area contributed by atoms with E-state index in [0.29, 0.717) is 57.9 Å². The van der Waals surface area contributed by atoms with Crippen LogP contribution >= 0.6 is 0 Å². The highest BCUT2D eigenvalue weighted by molar-refractivity contribution is 5.97. The van der Waals surface area contributed by atoms with Crippen molar-refractivity contribution in [3.63, 3.8) is 0 Å². The van der Waals surface area contributed by atoms with Crippen molar-refractivity contribution >= 4 is 27.5 Å². The quantitative estimate of drug-likeness (QED) is 0.170. The van der Waals surface area contributed by atoms with Crippen molar-refractivity contribution in [2.75, 3.05) is 20.1 Å². The average Bonchev–Trinajstić information content (AvgIpc) is 3.58. The molecule has 0 radical (unpaired) electrons. The third-order valence-electron chi connectivity index (χ3n) is 6.58. The molecule has 1 aromatic carbocycles. The fourth-order valence-electron chi connectivity index (χ4n) is 4.66. The molecule has 0 aliphatic rings. The molecule has 4 N–H and O–H groups in total. The van der Waals surface area contributed by atoms with E-state index in [2.05, 4.69) is 42.4 Å². The molecule has 4 aromatic heterocycles. The first-order chi connectivity index (χ1) is 19.5. The predicted octanol–water partition coefficient (Wildman–Crippen LogP) is 5.69. The topological polar surface area (TPSA) is 107 Å². The summed E-state index contributed by atoms with van der Waals surface area (Å²) in [5.74, 6) is -0.511. The number of halogens is 2. The molecule has 0 saturated heterocycles. The molecule has 5 rings (SSSR count). The summed E-state index contributed by atoms with van der Waals surface area (Å²) in [7, 11) is 1.80. The number of aromatic nitrogens is 6. The Morgan fingerprint density at radius 3 is 2.73 bits per heavy atom. The van der Waals surface area contributed by atoms with Crippen molar-refractivity contribution in [1.82, 2.24) is 40.8 Å². The number of fused-ring (bicyclic) bond motifs is 2. The van der Waals surface area contributed by atoms with E-state index in [9.17, 15) is 4.39 Å². The Morgan fingerprint density at radius 1 is 1.12 bits per heavy atom. The minimum Gasteiger partial charge on any atom is -0.335 e. The minimum absolute atomic E-state index is 0.198. The zero-order valence-corrected chi connectivity index (χ0v) is 22.6. The van der Waals surface area contributed by atoms with E-state index in [1.165, 1.54) is 12.1 Å². The predicted molar refractivity (Wildman–Crippen MR) is 155 cm³/mol. The van der Waals surface area contributed by atoms with Gasteiger partial charge in [0.15, 0.2) is 11.6 Å². The maximum Gasteiger partial charge on any atom is 0.161 e. The van der Waals surface area contributed by atoms with Crippen LogP contribution in [-0.2, 0) is 6.54 Å². The van der Waals surface area contributed by atoms with Crippen molar-refractivity contribution in [2.45, 2.75) is 20.4 Å². The molecule has 5 aromatic rings. The van der Waals surface area contributed by atoms with Crippen LogP contribution < -0.4 is 10.6 Å². The number of nitrogens with one attached hydrogen (secondary N) is 4. The molecule has 0 unspecified atom stereocenters. The lowest BCUT2D eigenvalue weighted by atomic mass is 10.0. The molecule has 0 aliphatic carbocycles. The Kier molecular flexibility index (Phi) is 7.90. The van der Waals surface area contributed by atoms with Gasteiger partial charge in [0.05, 0.1) is 34.3 Å². The van der Waals surface area contributed by atoms with Gasteiger partial charge in [-0.05, 0) is 67.1 Å². The van der Waals surface area contributed by atoms with Gasteiger partial charge in [-0.1, -0.05) is 25.7 Å². The number of imidazole rings is 1. The Balaban J connectivity index is 1.62. The second-order valence-corrected chi connectivity index (χ2v) is 9.28. The summed E-state index contributed by atoms with van der Waals surface area (Å²) in [5.41, 5.74) is 5.77. The van der Waals surface area contributed by atoms with Crippen molar-refractivity contribution in [3.05, 3.63) is 90.1 Å². The standard InChI is InChI=1S/C30H30F2N8/c1-5-17(13-34-7-3)8-19(6-2)27-26(32)25-23(16-36-27)39-40-29(25)30-37-24-15-35-14-22(28(24)38-30)20-9-18(12-33-4)10-21(31)11-20/h5-6,8-11,14-16,33-34H,1,7,12-13H2,2-4H3,(H,37,38)(H,39,40)/b17-8+,19-6+. The van der Waals surface area contributed by atoms with E-state index in [-0.39, 0.29) is 16.9 Å². The number of rotatable bonds is 10. The summed E-state index contributed by atoms with van der Waals surface area (Å²) in [5, 5.41) is 13.8. The summed E-state index contributed by atoms with van der Waals surface area (Å²) in [4.78, 5) is 16.7. The first kappa shape index (κ1) is 27.0. The maximum absolute atomic E-state index is 16.1. The van der Waals surface area contributed by atoms with Crippen LogP contribution in [0.15, 0.2) is 67.2 Å². The van der Waals surface area contributed by atoms with Crippen LogP contribution in [0.2, 0.25) is 0 Å². The fourth-order valence-corrected chi connectivity index (χ4v) is 4.66. The van der Waals surface area contributed by atoms with E-state index in [4.69, 9.17) is 4.98 Å². The lowest BCUT2D eigenvalue weighted by Gasteiger charge is -2.08. The highest BCUT2D eigenvalue weighted by atomic mass is 19.1. The van der Waals surface area contributed by atoms with Crippen LogP contribution in [0.25, 0.3) is 50.2 Å². The lowest BCUT2D eigenvalue weighted by molar-refractivity contribution is 0.624. The van der Waals surface area contributed by atoms with Gasteiger partial charge in [-0.25, -0.2) is 13.8 Å². The monoisotopic (exact) mass is 540 g/mol. The summed E-state index contributed by atoms with van der Waals surface area (Å²) in [6, 6.07) is 4.83. The van der Waals surface area contributed by atoms with E-state index >= 15 is 4.39 Å². The van der Waals surface area contributed by atoms with Gasteiger partial charge in [0, 0.05) is 24.8 Å². The van der Waals surface area contributed by atoms with Gasteiger partial charge in [0.25, 0.3) is 0 Å². The van der Waals surface area contributed by atoms with Gasteiger partial charge < -0.3 is 15.6 Å². The summed E-state index contributed by atoms with van der Waals surface area (Å²) < 4.78 is 30.5. The average molecular weight is 541 g/mol. The first-order valence-electron chi connectivity index (χ1n) is 13.0. The van der Waals surface area contributed by atoms with Gasteiger partial charge in [-0.2, -0.15) is 5.10 Å². The summed E-state index contributed by atoms with van der Waals surface area (Å²) in [6.45, 7) is 9.66. The van der Waals surface area contributed by atoms with E-state index in [1.807, 2.05) is 32.1 Å². The normalized spacial score (nSPS) is 12.5. The highest BCUT2D eigenvalue weighted by Gasteiger charge is 2.21. The van der Waals surface area contributed by atoms with Crippen LogP contribution in [0.1, 0.15) is 25.1 Å². The molecule has 0 amide bonds.